The number of hydrogen-bond donors (Lipinski definition) is 2. The molecule has 94 valence electrons. The van der Waals surface area contributed by atoms with Crippen LogP contribution in [0.2, 0.25) is 5.02 Å². The van der Waals surface area contributed by atoms with Gasteiger partial charge in [0.15, 0.2) is 5.82 Å². The van der Waals surface area contributed by atoms with Crippen molar-refractivity contribution in [2.24, 2.45) is 0 Å². The van der Waals surface area contributed by atoms with E-state index < -0.39 is 0 Å². The van der Waals surface area contributed by atoms with Crippen LogP contribution in [0.4, 0.5) is 5.82 Å². The third-order valence-corrected chi connectivity index (χ3v) is 4.51. The Morgan fingerprint density at radius 1 is 1.56 bits per heavy atom. The van der Waals surface area contributed by atoms with E-state index in [0.29, 0.717) is 5.82 Å². The van der Waals surface area contributed by atoms with Crippen molar-refractivity contribution in [2.75, 3.05) is 5.32 Å². The maximum atomic E-state index is 11.4. The Bertz CT molecular complexity index is 622. The largest absolute Gasteiger partial charge is 0.362 e. The van der Waals surface area contributed by atoms with Crippen LogP contribution in [0.1, 0.15) is 29.3 Å². The highest BCUT2D eigenvalue weighted by molar-refractivity contribution is 7.10. The number of thiophene rings is 1. The quantitative estimate of drug-likeness (QED) is 0.890. The molecule has 0 bridgehead atoms. The Labute approximate surface area is 113 Å². The van der Waals surface area contributed by atoms with Gasteiger partial charge >= 0.3 is 0 Å². The summed E-state index contributed by atoms with van der Waals surface area (Å²) in [7, 11) is 0. The zero-order valence-electron chi connectivity index (χ0n) is 9.57. The Kier molecular flexibility index (Phi) is 3.09. The number of aromatic amines is 1. The summed E-state index contributed by atoms with van der Waals surface area (Å²) in [4.78, 5) is 19.4. The van der Waals surface area contributed by atoms with E-state index >= 15 is 0 Å². The zero-order valence-corrected chi connectivity index (χ0v) is 11.1. The first-order chi connectivity index (χ1) is 8.75. The number of aryl methyl sites for hydroxylation is 1. The second-order valence-corrected chi connectivity index (χ2v) is 5.66. The van der Waals surface area contributed by atoms with E-state index in [-0.39, 0.29) is 16.6 Å². The maximum absolute atomic E-state index is 11.4. The van der Waals surface area contributed by atoms with Crippen LogP contribution in [0.3, 0.4) is 0 Å². The van der Waals surface area contributed by atoms with Crippen LogP contribution in [-0.2, 0) is 6.42 Å². The average molecular weight is 282 g/mol. The third kappa shape index (κ3) is 2.04. The van der Waals surface area contributed by atoms with Gasteiger partial charge in [-0.2, -0.15) is 0 Å². The summed E-state index contributed by atoms with van der Waals surface area (Å²) in [5, 5.41) is 5.51. The predicted molar refractivity (Wildman–Crippen MR) is 73.5 cm³/mol. The molecule has 1 atom stereocenters. The zero-order chi connectivity index (χ0) is 12.5. The van der Waals surface area contributed by atoms with Gasteiger partial charge in [0.05, 0.1) is 12.4 Å². The van der Waals surface area contributed by atoms with E-state index in [9.17, 15) is 4.79 Å². The van der Waals surface area contributed by atoms with Crippen LogP contribution >= 0.6 is 22.9 Å². The van der Waals surface area contributed by atoms with Gasteiger partial charge in [0, 0.05) is 4.88 Å². The lowest BCUT2D eigenvalue weighted by Crippen LogP contribution is -2.19. The van der Waals surface area contributed by atoms with Crippen LogP contribution < -0.4 is 10.9 Å². The summed E-state index contributed by atoms with van der Waals surface area (Å²) in [5.41, 5.74) is 1.000. The maximum Gasteiger partial charge on any atom is 0.271 e. The standard InChI is InChI=1S/C12H12ClN3OS/c13-10-11(14-6-15-12(10)17)16-8-2-1-3-9-7(8)4-5-18-9/h4-6,8H,1-3H2,(H2,14,15,16,17). The molecule has 3 rings (SSSR count). The monoisotopic (exact) mass is 281 g/mol. The molecule has 1 aliphatic rings. The minimum atomic E-state index is -0.310. The summed E-state index contributed by atoms with van der Waals surface area (Å²) in [6, 6.07) is 2.34. The lowest BCUT2D eigenvalue weighted by atomic mass is 9.94. The molecule has 0 saturated carbocycles. The third-order valence-electron chi connectivity index (χ3n) is 3.16. The smallest absolute Gasteiger partial charge is 0.271 e. The van der Waals surface area contributed by atoms with Crippen molar-refractivity contribution in [3.63, 3.8) is 0 Å². The summed E-state index contributed by atoms with van der Waals surface area (Å²) in [6.07, 6.45) is 4.69. The van der Waals surface area contributed by atoms with E-state index in [4.69, 9.17) is 11.6 Å². The number of hydrogen-bond acceptors (Lipinski definition) is 4. The van der Waals surface area contributed by atoms with Crippen molar-refractivity contribution in [2.45, 2.75) is 25.3 Å². The molecule has 6 heteroatoms. The molecule has 2 N–H and O–H groups in total. The lowest BCUT2D eigenvalue weighted by Gasteiger charge is -2.24. The number of halogens is 1. The minimum Gasteiger partial charge on any atom is -0.362 e. The first kappa shape index (κ1) is 11.7. The van der Waals surface area contributed by atoms with Gasteiger partial charge in [0.1, 0.15) is 5.02 Å². The van der Waals surface area contributed by atoms with Crippen LogP contribution in [0.25, 0.3) is 0 Å². The SMILES string of the molecule is O=c1[nH]cnc(NC2CCCc3sccc32)c1Cl. The second kappa shape index (κ2) is 4.74. The van der Waals surface area contributed by atoms with Crippen molar-refractivity contribution in [3.05, 3.63) is 43.6 Å². The normalized spacial score (nSPS) is 18.4. The van der Waals surface area contributed by atoms with Crippen molar-refractivity contribution in [1.29, 1.82) is 0 Å². The molecular formula is C12H12ClN3OS. The highest BCUT2D eigenvalue weighted by Gasteiger charge is 2.22. The Morgan fingerprint density at radius 2 is 2.44 bits per heavy atom. The molecule has 2 aromatic rings. The molecule has 1 aliphatic carbocycles. The molecule has 0 amide bonds. The van der Waals surface area contributed by atoms with Gasteiger partial charge < -0.3 is 10.3 Å². The topological polar surface area (TPSA) is 57.8 Å². The minimum absolute atomic E-state index is 0.125. The van der Waals surface area contributed by atoms with E-state index in [1.807, 2.05) is 0 Å². The Balaban J connectivity index is 1.91. The van der Waals surface area contributed by atoms with Crippen LogP contribution in [0.5, 0.6) is 0 Å². The Morgan fingerprint density at radius 3 is 3.33 bits per heavy atom. The summed E-state index contributed by atoms with van der Waals surface area (Å²) >= 11 is 7.73. The molecule has 2 heterocycles. The molecule has 0 fully saturated rings. The predicted octanol–water partition coefficient (Wildman–Crippen LogP) is 2.97. The van der Waals surface area contributed by atoms with E-state index in [2.05, 4.69) is 26.7 Å². The number of anilines is 1. The van der Waals surface area contributed by atoms with Gasteiger partial charge in [0.25, 0.3) is 5.56 Å². The lowest BCUT2D eigenvalue weighted by molar-refractivity contribution is 0.606. The molecule has 0 spiro atoms. The summed E-state index contributed by atoms with van der Waals surface area (Å²) in [6.45, 7) is 0. The van der Waals surface area contributed by atoms with E-state index in [1.54, 1.807) is 11.3 Å². The number of nitrogens with zero attached hydrogens (tertiary/aromatic N) is 1. The number of rotatable bonds is 2. The highest BCUT2D eigenvalue weighted by Crippen LogP contribution is 2.35. The fourth-order valence-corrected chi connectivity index (χ4v) is 3.43. The highest BCUT2D eigenvalue weighted by atomic mass is 35.5. The molecule has 18 heavy (non-hydrogen) atoms. The van der Waals surface area contributed by atoms with Gasteiger partial charge in [-0.1, -0.05) is 11.6 Å². The van der Waals surface area contributed by atoms with Gasteiger partial charge in [-0.05, 0) is 36.3 Å². The first-order valence-corrected chi connectivity index (χ1v) is 7.07. The van der Waals surface area contributed by atoms with Crippen LogP contribution in [0, 0.1) is 0 Å². The summed E-state index contributed by atoms with van der Waals surface area (Å²) in [5.74, 6) is 0.462. The van der Waals surface area contributed by atoms with Crippen molar-refractivity contribution in [3.8, 4) is 0 Å². The second-order valence-electron chi connectivity index (χ2n) is 4.28. The molecule has 4 nitrogen and oxygen atoms in total. The number of fused-ring (bicyclic) bond motifs is 1. The van der Waals surface area contributed by atoms with Gasteiger partial charge in [-0.25, -0.2) is 4.98 Å². The molecule has 1 unspecified atom stereocenters. The fourth-order valence-electron chi connectivity index (χ4n) is 2.29. The van der Waals surface area contributed by atoms with Gasteiger partial charge in [-0.3, -0.25) is 4.79 Å². The Hall–Kier alpha value is -1.33. The van der Waals surface area contributed by atoms with Crippen molar-refractivity contribution >= 4 is 28.8 Å². The molecule has 0 radical (unpaired) electrons. The molecule has 0 saturated heterocycles. The fraction of sp³-hybridized carbons (Fsp3) is 0.333. The van der Waals surface area contributed by atoms with Crippen molar-refractivity contribution in [1.82, 2.24) is 9.97 Å². The molecule has 0 aromatic carbocycles. The molecular weight excluding hydrogens is 270 g/mol. The number of H-pyrrole nitrogens is 1. The van der Waals surface area contributed by atoms with Gasteiger partial charge in [-0.15, -0.1) is 11.3 Å². The van der Waals surface area contributed by atoms with Gasteiger partial charge in [0.2, 0.25) is 0 Å². The number of nitrogens with one attached hydrogen (secondary N) is 2. The average Bonchev–Trinajstić information content (AvgIpc) is 2.84. The first-order valence-electron chi connectivity index (χ1n) is 5.81. The van der Waals surface area contributed by atoms with Crippen LogP contribution in [0.15, 0.2) is 22.6 Å². The van der Waals surface area contributed by atoms with Crippen molar-refractivity contribution < 1.29 is 0 Å². The molecule has 0 aliphatic heterocycles. The van der Waals surface area contributed by atoms with E-state index in [1.165, 1.54) is 16.8 Å². The number of aromatic nitrogens is 2. The van der Waals surface area contributed by atoms with Crippen LogP contribution in [-0.4, -0.2) is 9.97 Å². The molecule has 2 aromatic heterocycles. The van der Waals surface area contributed by atoms with E-state index in [0.717, 1.165) is 19.3 Å². The summed E-state index contributed by atoms with van der Waals surface area (Å²) < 4.78 is 0.